The van der Waals surface area contributed by atoms with E-state index in [4.69, 9.17) is 0 Å². The minimum absolute atomic E-state index is 0.214. The maximum atomic E-state index is 12.1. The second-order valence-electron chi connectivity index (χ2n) is 4.43. The minimum Gasteiger partial charge on any atom is -0.340 e. The summed E-state index contributed by atoms with van der Waals surface area (Å²) in [6.45, 7) is 3.04. The van der Waals surface area contributed by atoms with Crippen LogP contribution in [0.3, 0.4) is 0 Å². The van der Waals surface area contributed by atoms with Gasteiger partial charge < -0.3 is 4.90 Å². The number of nitrogens with zero attached hydrogens (tertiary/aromatic N) is 2. The van der Waals surface area contributed by atoms with Crippen molar-refractivity contribution in [3.05, 3.63) is 30.1 Å². The van der Waals surface area contributed by atoms with Crippen LogP contribution in [0.5, 0.6) is 0 Å². The number of carbonyl (C=O) groups excluding carboxylic acids is 1. The number of rotatable bonds is 2. The molecule has 1 saturated heterocycles. The Labute approximate surface area is 96.5 Å². The first-order chi connectivity index (χ1) is 7.77. The van der Waals surface area contributed by atoms with E-state index in [2.05, 4.69) is 11.9 Å². The largest absolute Gasteiger partial charge is 0.340 e. The van der Waals surface area contributed by atoms with Crippen LogP contribution >= 0.6 is 0 Å². The molecule has 3 nitrogen and oxygen atoms in total. The van der Waals surface area contributed by atoms with Crippen LogP contribution < -0.4 is 0 Å². The van der Waals surface area contributed by atoms with Crippen molar-refractivity contribution < 1.29 is 4.79 Å². The first kappa shape index (κ1) is 11.1. The van der Waals surface area contributed by atoms with E-state index in [-0.39, 0.29) is 5.91 Å². The first-order valence-electron chi connectivity index (χ1n) is 5.97. The Bertz CT molecular complexity index is 350. The summed E-state index contributed by atoms with van der Waals surface area (Å²) < 4.78 is 0. The van der Waals surface area contributed by atoms with Crippen LogP contribution in [0.25, 0.3) is 0 Å². The fraction of sp³-hybridized carbons (Fsp3) is 0.538. The molecule has 3 heteroatoms. The highest BCUT2D eigenvalue weighted by molar-refractivity contribution is 5.78. The maximum Gasteiger partial charge on any atom is 0.228 e. The summed E-state index contributed by atoms with van der Waals surface area (Å²) in [5, 5.41) is 0. The normalized spacial score (nSPS) is 20.8. The number of aromatic nitrogens is 1. The Balaban J connectivity index is 1.97. The number of amides is 1. The summed E-state index contributed by atoms with van der Waals surface area (Å²) in [5.41, 5.74) is 0.866. The summed E-state index contributed by atoms with van der Waals surface area (Å²) in [4.78, 5) is 18.3. The summed E-state index contributed by atoms with van der Waals surface area (Å²) in [5.74, 6) is 0.214. The van der Waals surface area contributed by atoms with Crippen molar-refractivity contribution in [3.8, 4) is 0 Å². The molecular formula is C13H18N2O. The molecule has 1 amide bonds. The number of carbonyl (C=O) groups is 1. The van der Waals surface area contributed by atoms with Crippen LogP contribution in [0.15, 0.2) is 24.4 Å². The number of hydrogen-bond acceptors (Lipinski definition) is 2. The summed E-state index contributed by atoms with van der Waals surface area (Å²) in [6.07, 6.45) is 5.69. The van der Waals surface area contributed by atoms with Gasteiger partial charge in [0.05, 0.1) is 6.42 Å². The smallest absolute Gasteiger partial charge is 0.228 e. The summed E-state index contributed by atoms with van der Waals surface area (Å²) in [7, 11) is 0. The molecule has 1 aliphatic heterocycles. The van der Waals surface area contributed by atoms with Crippen LogP contribution in [-0.4, -0.2) is 28.4 Å². The highest BCUT2D eigenvalue weighted by atomic mass is 16.2. The quantitative estimate of drug-likeness (QED) is 0.761. The molecule has 0 aromatic carbocycles. The molecule has 86 valence electrons. The Hall–Kier alpha value is -1.38. The van der Waals surface area contributed by atoms with Gasteiger partial charge in [0.1, 0.15) is 0 Å². The van der Waals surface area contributed by atoms with Crippen molar-refractivity contribution in [2.45, 2.75) is 38.6 Å². The number of pyridine rings is 1. The van der Waals surface area contributed by atoms with Gasteiger partial charge in [0.25, 0.3) is 0 Å². The van der Waals surface area contributed by atoms with E-state index in [0.717, 1.165) is 25.1 Å². The van der Waals surface area contributed by atoms with E-state index in [0.29, 0.717) is 12.5 Å². The van der Waals surface area contributed by atoms with Gasteiger partial charge in [-0.3, -0.25) is 9.78 Å². The lowest BCUT2D eigenvalue weighted by Crippen LogP contribution is -2.42. The van der Waals surface area contributed by atoms with Crippen LogP contribution in [0.2, 0.25) is 0 Å². The molecule has 1 atom stereocenters. The van der Waals surface area contributed by atoms with Gasteiger partial charge >= 0.3 is 0 Å². The zero-order chi connectivity index (χ0) is 11.4. The Kier molecular flexibility index (Phi) is 3.54. The Morgan fingerprint density at radius 3 is 3.06 bits per heavy atom. The zero-order valence-corrected chi connectivity index (χ0v) is 9.72. The topological polar surface area (TPSA) is 33.2 Å². The molecule has 1 aromatic rings. The molecule has 1 aliphatic rings. The van der Waals surface area contributed by atoms with E-state index in [1.54, 1.807) is 6.20 Å². The van der Waals surface area contributed by atoms with E-state index >= 15 is 0 Å². The monoisotopic (exact) mass is 218 g/mol. The second-order valence-corrected chi connectivity index (χ2v) is 4.43. The third kappa shape index (κ3) is 2.60. The molecule has 1 aromatic heterocycles. The molecule has 0 N–H and O–H groups in total. The molecule has 2 rings (SSSR count). The Morgan fingerprint density at radius 1 is 1.50 bits per heavy atom. The van der Waals surface area contributed by atoms with E-state index in [1.807, 2.05) is 23.1 Å². The predicted octanol–water partition coefficient (Wildman–Crippen LogP) is 2.03. The van der Waals surface area contributed by atoms with Crippen LogP contribution in [0.4, 0.5) is 0 Å². The molecule has 1 fully saturated rings. The van der Waals surface area contributed by atoms with Crippen LogP contribution in [0.1, 0.15) is 31.9 Å². The predicted molar refractivity (Wildman–Crippen MR) is 63.0 cm³/mol. The highest BCUT2D eigenvalue weighted by Crippen LogP contribution is 2.17. The van der Waals surface area contributed by atoms with Crippen molar-refractivity contribution in [2.24, 2.45) is 0 Å². The molecule has 2 heterocycles. The third-order valence-electron chi connectivity index (χ3n) is 3.18. The molecule has 0 unspecified atom stereocenters. The van der Waals surface area contributed by atoms with Gasteiger partial charge in [0, 0.05) is 24.5 Å². The Morgan fingerprint density at radius 2 is 2.38 bits per heavy atom. The standard InChI is InChI=1S/C13H18N2O/c1-11-6-3-5-9-15(11)13(16)10-12-7-2-4-8-14-12/h2,4,7-8,11H,3,5-6,9-10H2,1H3/t11-/m0/s1. The molecule has 0 bridgehead atoms. The minimum atomic E-state index is 0.214. The second kappa shape index (κ2) is 5.10. The van der Waals surface area contributed by atoms with E-state index in [9.17, 15) is 4.79 Å². The van der Waals surface area contributed by atoms with Gasteiger partial charge in [-0.15, -0.1) is 0 Å². The van der Waals surface area contributed by atoms with Crippen LogP contribution in [0, 0.1) is 0 Å². The van der Waals surface area contributed by atoms with Crippen molar-refractivity contribution in [3.63, 3.8) is 0 Å². The lowest BCUT2D eigenvalue weighted by molar-refractivity contribution is -0.133. The summed E-state index contributed by atoms with van der Waals surface area (Å²) >= 11 is 0. The fourth-order valence-electron chi connectivity index (χ4n) is 2.23. The summed E-state index contributed by atoms with van der Waals surface area (Å²) in [6, 6.07) is 6.10. The lowest BCUT2D eigenvalue weighted by Gasteiger charge is -2.33. The molecule has 0 spiro atoms. The maximum absolute atomic E-state index is 12.1. The van der Waals surface area contributed by atoms with E-state index in [1.165, 1.54) is 6.42 Å². The van der Waals surface area contributed by atoms with Gasteiger partial charge in [-0.05, 0) is 38.3 Å². The van der Waals surface area contributed by atoms with Gasteiger partial charge in [0.2, 0.25) is 5.91 Å². The SMILES string of the molecule is C[C@H]1CCCCN1C(=O)Cc1ccccn1. The molecular weight excluding hydrogens is 200 g/mol. The van der Waals surface area contributed by atoms with Crippen molar-refractivity contribution in [1.82, 2.24) is 9.88 Å². The fourth-order valence-corrected chi connectivity index (χ4v) is 2.23. The van der Waals surface area contributed by atoms with Crippen molar-refractivity contribution in [1.29, 1.82) is 0 Å². The molecule has 16 heavy (non-hydrogen) atoms. The number of piperidine rings is 1. The van der Waals surface area contributed by atoms with Crippen molar-refractivity contribution in [2.75, 3.05) is 6.54 Å². The van der Waals surface area contributed by atoms with E-state index < -0.39 is 0 Å². The van der Waals surface area contributed by atoms with Gasteiger partial charge in [-0.25, -0.2) is 0 Å². The number of hydrogen-bond donors (Lipinski definition) is 0. The van der Waals surface area contributed by atoms with Crippen molar-refractivity contribution >= 4 is 5.91 Å². The zero-order valence-electron chi connectivity index (χ0n) is 9.72. The average molecular weight is 218 g/mol. The van der Waals surface area contributed by atoms with Gasteiger partial charge in [-0.1, -0.05) is 6.07 Å². The van der Waals surface area contributed by atoms with Crippen LogP contribution in [-0.2, 0) is 11.2 Å². The first-order valence-corrected chi connectivity index (χ1v) is 5.97. The van der Waals surface area contributed by atoms with Gasteiger partial charge in [0.15, 0.2) is 0 Å². The third-order valence-corrected chi connectivity index (χ3v) is 3.18. The average Bonchev–Trinajstić information content (AvgIpc) is 2.31. The van der Waals surface area contributed by atoms with Gasteiger partial charge in [-0.2, -0.15) is 0 Å². The lowest BCUT2D eigenvalue weighted by atomic mass is 10.0. The molecule has 0 radical (unpaired) electrons. The highest BCUT2D eigenvalue weighted by Gasteiger charge is 2.23. The molecule has 0 saturated carbocycles. The molecule has 0 aliphatic carbocycles. The number of likely N-dealkylation sites (tertiary alicyclic amines) is 1.